The molecule has 4 nitrogen and oxygen atoms in total. The Morgan fingerprint density at radius 2 is 2.21 bits per heavy atom. The fraction of sp³-hybridized carbons (Fsp3) is 0.571. The standard InChI is InChI=1S/C14H20N2O2S/c1-11-6-7-12(19-11)14(18)15-8-10-16-9-4-2-3-5-13(16)17/h6-7H,2-5,8-10H2,1H3,(H,15,18). The fourth-order valence-electron chi connectivity index (χ4n) is 2.22. The minimum atomic E-state index is -0.0413. The van der Waals surface area contributed by atoms with E-state index < -0.39 is 0 Å². The van der Waals surface area contributed by atoms with Crippen LogP contribution >= 0.6 is 11.3 Å². The van der Waals surface area contributed by atoms with E-state index in [0.29, 0.717) is 19.5 Å². The molecule has 2 heterocycles. The maximum absolute atomic E-state index is 11.8. The van der Waals surface area contributed by atoms with E-state index in [1.807, 2.05) is 24.0 Å². The van der Waals surface area contributed by atoms with Crippen molar-refractivity contribution in [2.24, 2.45) is 0 Å². The van der Waals surface area contributed by atoms with Crippen LogP contribution in [0.4, 0.5) is 0 Å². The molecule has 104 valence electrons. The second-order valence-corrected chi connectivity index (χ2v) is 6.15. The highest BCUT2D eigenvalue weighted by molar-refractivity contribution is 7.13. The minimum Gasteiger partial charge on any atom is -0.350 e. The van der Waals surface area contributed by atoms with Crippen LogP contribution in [0.25, 0.3) is 0 Å². The number of nitrogens with zero attached hydrogens (tertiary/aromatic N) is 1. The van der Waals surface area contributed by atoms with Gasteiger partial charge in [-0.25, -0.2) is 0 Å². The second kappa shape index (κ2) is 6.70. The minimum absolute atomic E-state index is 0.0413. The Bertz CT molecular complexity index is 456. The Balaban J connectivity index is 1.76. The van der Waals surface area contributed by atoms with Crippen molar-refractivity contribution in [3.8, 4) is 0 Å². The average molecular weight is 280 g/mol. The van der Waals surface area contributed by atoms with Gasteiger partial charge in [0.05, 0.1) is 4.88 Å². The Morgan fingerprint density at radius 1 is 1.37 bits per heavy atom. The highest BCUT2D eigenvalue weighted by atomic mass is 32.1. The molecule has 0 aromatic carbocycles. The summed E-state index contributed by atoms with van der Waals surface area (Å²) in [6, 6.07) is 3.78. The van der Waals surface area contributed by atoms with Crippen LogP contribution in [0.5, 0.6) is 0 Å². The molecule has 5 heteroatoms. The summed E-state index contributed by atoms with van der Waals surface area (Å²) in [4.78, 5) is 27.4. The lowest BCUT2D eigenvalue weighted by atomic mass is 10.2. The van der Waals surface area contributed by atoms with E-state index in [1.165, 1.54) is 11.3 Å². The van der Waals surface area contributed by atoms with E-state index in [4.69, 9.17) is 0 Å². The Morgan fingerprint density at radius 3 is 2.95 bits per heavy atom. The third-order valence-corrected chi connectivity index (χ3v) is 4.30. The predicted octanol–water partition coefficient (Wildman–Crippen LogP) is 2.19. The van der Waals surface area contributed by atoms with Gasteiger partial charge in [-0.3, -0.25) is 9.59 Å². The van der Waals surface area contributed by atoms with Gasteiger partial charge in [0.1, 0.15) is 0 Å². The van der Waals surface area contributed by atoms with Crippen molar-refractivity contribution in [3.63, 3.8) is 0 Å². The molecule has 2 amide bonds. The molecule has 1 saturated heterocycles. The van der Waals surface area contributed by atoms with Crippen LogP contribution in [0.3, 0.4) is 0 Å². The van der Waals surface area contributed by atoms with Gasteiger partial charge in [-0.1, -0.05) is 6.42 Å². The van der Waals surface area contributed by atoms with Gasteiger partial charge in [0.15, 0.2) is 0 Å². The van der Waals surface area contributed by atoms with E-state index in [2.05, 4.69) is 5.32 Å². The van der Waals surface area contributed by atoms with Crippen molar-refractivity contribution in [2.75, 3.05) is 19.6 Å². The smallest absolute Gasteiger partial charge is 0.261 e. The monoisotopic (exact) mass is 280 g/mol. The predicted molar refractivity (Wildman–Crippen MR) is 76.4 cm³/mol. The number of aryl methyl sites for hydroxylation is 1. The number of nitrogens with one attached hydrogen (secondary N) is 1. The Hall–Kier alpha value is -1.36. The quantitative estimate of drug-likeness (QED) is 0.919. The van der Waals surface area contributed by atoms with Crippen molar-refractivity contribution in [1.82, 2.24) is 10.2 Å². The number of thiophene rings is 1. The van der Waals surface area contributed by atoms with Crippen LogP contribution in [0.15, 0.2) is 12.1 Å². The van der Waals surface area contributed by atoms with Crippen molar-refractivity contribution >= 4 is 23.2 Å². The summed E-state index contributed by atoms with van der Waals surface area (Å²) >= 11 is 1.49. The molecule has 1 fully saturated rings. The summed E-state index contributed by atoms with van der Waals surface area (Å²) in [7, 11) is 0. The molecule has 1 aliphatic heterocycles. The summed E-state index contributed by atoms with van der Waals surface area (Å²) in [5.41, 5.74) is 0. The number of rotatable bonds is 4. The molecule has 0 aliphatic carbocycles. The molecule has 1 aromatic heterocycles. The maximum atomic E-state index is 11.8. The van der Waals surface area contributed by atoms with Gasteiger partial charge in [-0.05, 0) is 31.9 Å². The Kier molecular flexibility index (Phi) is 4.96. The summed E-state index contributed by atoms with van der Waals surface area (Å²) in [6.45, 7) is 3.96. The first kappa shape index (κ1) is 14.1. The first-order chi connectivity index (χ1) is 9.16. The number of carbonyl (C=O) groups excluding carboxylic acids is 2. The number of hydrogen-bond donors (Lipinski definition) is 1. The van der Waals surface area contributed by atoms with Crippen LogP contribution in [-0.4, -0.2) is 36.3 Å². The maximum Gasteiger partial charge on any atom is 0.261 e. The largest absolute Gasteiger partial charge is 0.350 e. The number of carbonyl (C=O) groups is 2. The van der Waals surface area contributed by atoms with E-state index in [1.54, 1.807) is 0 Å². The average Bonchev–Trinajstić information content (AvgIpc) is 2.72. The van der Waals surface area contributed by atoms with Gasteiger partial charge < -0.3 is 10.2 Å². The van der Waals surface area contributed by atoms with Crippen molar-refractivity contribution in [3.05, 3.63) is 21.9 Å². The molecule has 0 saturated carbocycles. The fourth-order valence-corrected chi connectivity index (χ4v) is 3.01. The van der Waals surface area contributed by atoms with Crippen LogP contribution in [0.2, 0.25) is 0 Å². The molecule has 0 atom stereocenters. The van der Waals surface area contributed by atoms with Gasteiger partial charge >= 0.3 is 0 Å². The van der Waals surface area contributed by atoms with E-state index in [-0.39, 0.29) is 11.8 Å². The molecular weight excluding hydrogens is 260 g/mol. The topological polar surface area (TPSA) is 49.4 Å². The zero-order chi connectivity index (χ0) is 13.7. The summed E-state index contributed by atoms with van der Waals surface area (Å²) in [5, 5.41) is 2.88. The van der Waals surface area contributed by atoms with Gasteiger partial charge in [0.2, 0.25) is 5.91 Å². The first-order valence-electron chi connectivity index (χ1n) is 6.79. The summed E-state index contributed by atoms with van der Waals surface area (Å²) < 4.78 is 0. The molecular formula is C14H20N2O2S. The van der Waals surface area contributed by atoms with E-state index in [0.717, 1.165) is 35.6 Å². The van der Waals surface area contributed by atoms with Crippen LogP contribution in [0.1, 0.15) is 40.2 Å². The number of amides is 2. The zero-order valence-electron chi connectivity index (χ0n) is 11.3. The van der Waals surface area contributed by atoms with E-state index >= 15 is 0 Å². The second-order valence-electron chi connectivity index (χ2n) is 4.86. The lowest BCUT2D eigenvalue weighted by Crippen LogP contribution is -2.38. The van der Waals surface area contributed by atoms with Gasteiger partial charge in [0, 0.05) is 30.9 Å². The molecule has 2 rings (SSSR count). The molecule has 0 radical (unpaired) electrons. The normalized spacial score (nSPS) is 16.3. The SMILES string of the molecule is Cc1ccc(C(=O)NCCN2CCCCCC2=O)s1. The molecule has 0 spiro atoms. The number of likely N-dealkylation sites (tertiary alicyclic amines) is 1. The van der Waals surface area contributed by atoms with Gasteiger partial charge in [0.25, 0.3) is 5.91 Å². The van der Waals surface area contributed by atoms with Crippen LogP contribution < -0.4 is 5.32 Å². The third-order valence-electron chi connectivity index (χ3n) is 3.30. The third kappa shape index (κ3) is 4.06. The van der Waals surface area contributed by atoms with E-state index in [9.17, 15) is 9.59 Å². The summed E-state index contributed by atoms with van der Waals surface area (Å²) in [5.74, 6) is 0.180. The number of hydrogen-bond acceptors (Lipinski definition) is 3. The molecule has 1 N–H and O–H groups in total. The van der Waals surface area contributed by atoms with Gasteiger partial charge in [-0.15, -0.1) is 11.3 Å². The molecule has 1 aliphatic rings. The molecule has 0 bridgehead atoms. The van der Waals surface area contributed by atoms with Gasteiger partial charge in [-0.2, -0.15) is 0 Å². The molecule has 19 heavy (non-hydrogen) atoms. The van der Waals surface area contributed by atoms with Crippen LogP contribution in [0, 0.1) is 6.92 Å². The summed E-state index contributed by atoms with van der Waals surface area (Å²) in [6.07, 6.45) is 3.85. The van der Waals surface area contributed by atoms with Crippen molar-refractivity contribution in [1.29, 1.82) is 0 Å². The van der Waals surface area contributed by atoms with Crippen molar-refractivity contribution in [2.45, 2.75) is 32.6 Å². The first-order valence-corrected chi connectivity index (χ1v) is 7.61. The lowest BCUT2D eigenvalue weighted by Gasteiger charge is -2.20. The lowest BCUT2D eigenvalue weighted by molar-refractivity contribution is -0.130. The van der Waals surface area contributed by atoms with Crippen molar-refractivity contribution < 1.29 is 9.59 Å². The Labute approximate surface area is 117 Å². The highest BCUT2D eigenvalue weighted by Crippen LogP contribution is 2.14. The molecule has 0 unspecified atom stereocenters. The molecule has 1 aromatic rings. The zero-order valence-corrected chi connectivity index (χ0v) is 12.1. The van der Waals surface area contributed by atoms with Crippen LogP contribution in [-0.2, 0) is 4.79 Å². The highest BCUT2D eigenvalue weighted by Gasteiger charge is 2.16.